The van der Waals surface area contributed by atoms with Gasteiger partial charge in [0.05, 0.1) is 24.3 Å². The second-order valence-electron chi connectivity index (χ2n) is 4.48. The molecule has 1 aromatic rings. The lowest BCUT2D eigenvalue weighted by molar-refractivity contribution is -0.0117. The van der Waals surface area contributed by atoms with Gasteiger partial charge in [0.1, 0.15) is 0 Å². The fourth-order valence-electron chi connectivity index (χ4n) is 1.98. The molecule has 0 spiro atoms. The molecule has 1 fully saturated rings. The average molecular weight is 310 g/mol. The zero-order valence-corrected chi connectivity index (χ0v) is 11.9. The molecule has 0 amide bonds. The molecule has 1 aliphatic rings. The van der Waals surface area contributed by atoms with Crippen LogP contribution in [-0.4, -0.2) is 44.3 Å². The number of benzene rings is 1. The Morgan fingerprint density at radius 1 is 1.56 bits per heavy atom. The van der Waals surface area contributed by atoms with Gasteiger partial charge in [0.25, 0.3) is 0 Å². The van der Waals surface area contributed by atoms with E-state index in [2.05, 4.69) is 39.3 Å². The van der Waals surface area contributed by atoms with E-state index in [-0.39, 0.29) is 6.10 Å². The number of ether oxygens (including phenoxy) is 1. The van der Waals surface area contributed by atoms with Crippen LogP contribution in [0.1, 0.15) is 5.56 Å². The Kier molecular flexibility index (Phi) is 4.59. The Morgan fingerprint density at radius 2 is 2.39 bits per heavy atom. The van der Waals surface area contributed by atoms with Crippen LogP contribution in [0.25, 0.3) is 0 Å². The highest BCUT2D eigenvalue weighted by molar-refractivity contribution is 9.10. The van der Waals surface area contributed by atoms with Crippen molar-refractivity contribution in [2.24, 2.45) is 0 Å². The van der Waals surface area contributed by atoms with Gasteiger partial charge in [-0.15, -0.1) is 0 Å². The predicted molar refractivity (Wildman–Crippen MR) is 74.6 cm³/mol. The first-order valence-electron chi connectivity index (χ1n) is 5.92. The van der Waals surface area contributed by atoms with Crippen LogP contribution in [0.5, 0.6) is 0 Å². The van der Waals surface area contributed by atoms with Crippen LogP contribution in [0, 0.1) is 11.3 Å². The standard InChI is InChI=1S/C13H16BrN3O/c1-17-2-3-18-13(9-17)8-16-12-5-10(7-15)4-11(14)6-12/h4-6,13,16H,2-3,8-9H2,1H3. The number of morpholine rings is 1. The van der Waals surface area contributed by atoms with Gasteiger partial charge < -0.3 is 15.0 Å². The Labute approximate surface area is 116 Å². The summed E-state index contributed by atoms with van der Waals surface area (Å²) in [6, 6.07) is 7.76. The second-order valence-corrected chi connectivity index (χ2v) is 5.39. The van der Waals surface area contributed by atoms with E-state index in [4.69, 9.17) is 10.00 Å². The molecule has 1 atom stereocenters. The van der Waals surface area contributed by atoms with Gasteiger partial charge in [0, 0.05) is 29.8 Å². The van der Waals surface area contributed by atoms with Gasteiger partial charge in [-0.3, -0.25) is 0 Å². The summed E-state index contributed by atoms with van der Waals surface area (Å²) < 4.78 is 6.58. The van der Waals surface area contributed by atoms with E-state index in [0.29, 0.717) is 5.56 Å². The third kappa shape index (κ3) is 3.70. The van der Waals surface area contributed by atoms with E-state index >= 15 is 0 Å². The molecule has 0 radical (unpaired) electrons. The quantitative estimate of drug-likeness (QED) is 0.928. The van der Waals surface area contributed by atoms with E-state index in [0.717, 1.165) is 36.4 Å². The van der Waals surface area contributed by atoms with Crippen molar-refractivity contribution in [1.29, 1.82) is 5.26 Å². The lowest BCUT2D eigenvalue weighted by atomic mass is 10.2. The first kappa shape index (κ1) is 13.3. The summed E-state index contributed by atoms with van der Waals surface area (Å²) in [5.74, 6) is 0. The summed E-state index contributed by atoms with van der Waals surface area (Å²) in [4.78, 5) is 2.26. The summed E-state index contributed by atoms with van der Waals surface area (Å²) in [7, 11) is 2.10. The van der Waals surface area contributed by atoms with E-state index in [9.17, 15) is 0 Å². The highest BCUT2D eigenvalue weighted by atomic mass is 79.9. The number of rotatable bonds is 3. The van der Waals surface area contributed by atoms with E-state index < -0.39 is 0 Å². The van der Waals surface area contributed by atoms with Crippen LogP contribution in [0.15, 0.2) is 22.7 Å². The normalized spacial score (nSPS) is 20.4. The fraction of sp³-hybridized carbons (Fsp3) is 0.462. The third-order valence-corrected chi connectivity index (χ3v) is 3.36. The number of nitrogens with one attached hydrogen (secondary N) is 1. The number of halogens is 1. The van der Waals surface area contributed by atoms with E-state index in [1.54, 1.807) is 6.07 Å². The van der Waals surface area contributed by atoms with Crippen molar-refractivity contribution in [2.45, 2.75) is 6.10 Å². The van der Waals surface area contributed by atoms with Crippen LogP contribution in [0.3, 0.4) is 0 Å². The van der Waals surface area contributed by atoms with Crippen LogP contribution in [0.2, 0.25) is 0 Å². The molecule has 0 aliphatic carbocycles. The number of nitrogens with zero attached hydrogens (tertiary/aromatic N) is 2. The molecule has 5 heteroatoms. The minimum absolute atomic E-state index is 0.202. The Balaban J connectivity index is 1.93. The van der Waals surface area contributed by atoms with Crippen molar-refractivity contribution in [2.75, 3.05) is 38.6 Å². The molecule has 0 aromatic heterocycles. The second kappa shape index (κ2) is 6.19. The van der Waals surface area contributed by atoms with Crippen molar-refractivity contribution < 1.29 is 4.74 Å². The molecule has 2 rings (SSSR count). The van der Waals surface area contributed by atoms with Crippen molar-refractivity contribution >= 4 is 21.6 Å². The SMILES string of the molecule is CN1CCOC(CNc2cc(Br)cc(C#N)c2)C1. The summed E-state index contributed by atoms with van der Waals surface area (Å²) >= 11 is 3.40. The topological polar surface area (TPSA) is 48.3 Å². The smallest absolute Gasteiger partial charge is 0.0992 e. The van der Waals surface area contributed by atoms with E-state index in [1.807, 2.05) is 12.1 Å². The zero-order valence-electron chi connectivity index (χ0n) is 10.3. The zero-order chi connectivity index (χ0) is 13.0. The maximum absolute atomic E-state index is 8.91. The summed E-state index contributed by atoms with van der Waals surface area (Å²) in [6.07, 6.45) is 0.202. The van der Waals surface area contributed by atoms with Gasteiger partial charge in [-0.1, -0.05) is 15.9 Å². The highest BCUT2D eigenvalue weighted by Crippen LogP contribution is 2.19. The van der Waals surface area contributed by atoms with Crippen molar-refractivity contribution in [3.05, 3.63) is 28.2 Å². The molecule has 1 aromatic carbocycles. The molecular formula is C13H16BrN3O. The van der Waals surface area contributed by atoms with Gasteiger partial charge >= 0.3 is 0 Å². The molecule has 1 saturated heterocycles. The van der Waals surface area contributed by atoms with Crippen LogP contribution >= 0.6 is 15.9 Å². The minimum Gasteiger partial charge on any atom is -0.382 e. The first-order valence-corrected chi connectivity index (χ1v) is 6.71. The van der Waals surface area contributed by atoms with Crippen molar-refractivity contribution in [3.8, 4) is 6.07 Å². The molecular weight excluding hydrogens is 294 g/mol. The van der Waals surface area contributed by atoms with E-state index in [1.165, 1.54) is 0 Å². The lowest BCUT2D eigenvalue weighted by Gasteiger charge is -2.30. The maximum atomic E-state index is 8.91. The van der Waals surface area contributed by atoms with Gasteiger partial charge in [0.2, 0.25) is 0 Å². The van der Waals surface area contributed by atoms with Crippen LogP contribution in [0.4, 0.5) is 5.69 Å². The largest absolute Gasteiger partial charge is 0.382 e. The first-order chi connectivity index (χ1) is 8.67. The van der Waals surface area contributed by atoms with Gasteiger partial charge in [-0.05, 0) is 25.2 Å². The van der Waals surface area contributed by atoms with Crippen LogP contribution in [-0.2, 0) is 4.74 Å². The number of anilines is 1. The van der Waals surface area contributed by atoms with Gasteiger partial charge in [0.15, 0.2) is 0 Å². The molecule has 1 N–H and O–H groups in total. The molecule has 18 heavy (non-hydrogen) atoms. The lowest BCUT2D eigenvalue weighted by Crippen LogP contribution is -2.43. The summed E-state index contributed by atoms with van der Waals surface area (Å²) in [5, 5.41) is 12.2. The Hall–Kier alpha value is -1.09. The van der Waals surface area contributed by atoms with Crippen LogP contribution < -0.4 is 5.32 Å². The summed E-state index contributed by atoms with van der Waals surface area (Å²) in [6.45, 7) is 3.47. The predicted octanol–water partition coefficient (Wildman–Crippen LogP) is 2.06. The number of likely N-dealkylation sites (N-methyl/N-ethyl adjacent to an activating group) is 1. The average Bonchev–Trinajstić information content (AvgIpc) is 2.36. The molecule has 96 valence electrons. The number of nitriles is 1. The minimum atomic E-state index is 0.202. The number of hydrogen-bond acceptors (Lipinski definition) is 4. The van der Waals surface area contributed by atoms with Crippen molar-refractivity contribution in [1.82, 2.24) is 4.90 Å². The third-order valence-electron chi connectivity index (χ3n) is 2.90. The van der Waals surface area contributed by atoms with Crippen molar-refractivity contribution in [3.63, 3.8) is 0 Å². The molecule has 0 saturated carbocycles. The molecule has 0 bridgehead atoms. The Morgan fingerprint density at radius 3 is 3.11 bits per heavy atom. The molecule has 1 heterocycles. The molecule has 4 nitrogen and oxygen atoms in total. The van der Waals surface area contributed by atoms with Gasteiger partial charge in [-0.2, -0.15) is 5.26 Å². The monoisotopic (exact) mass is 309 g/mol. The molecule has 1 aliphatic heterocycles. The Bertz CT molecular complexity index is 458. The van der Waals surface area contributed by atoms with Gasteiger partial charge in [-0.25, -0.2) is 0 Å². The highest BCUT2D eigenvalue weighted by Gasteiger charge is 2.17. The molecule has 1 unspecified atom stereocenters. The number of hydrogen-bond donors (Lipinski definition) is 1. The fourth-order valence-corrected chi connectivity index (χ4v) is 2.47. The maximum Gasteiger partial charge on any atom is 0.0992 e. The summed E-state index contributed by atoms with van der Waals surface area (Å²) in [5.41, 5.74) is 1.59.